The Labute approximate surface area is 480 Å². The summed E-state index contributed by atoms with van der Waals surface area (Å²) in [5.41, 5.74) is 0.554. The SMILES string of the molecule is CN[C@@H](C)C(=O)NC(C)(CC#C[C@@H]1CC1(NC(=O)[C@H](C)NC)C(=O)N1C[C@@H](NS(=O)(=O)c2ccccc2)C[C@H]1C(=O)N[C@@H]1CCCc2ccccc21)C(=O)N1C[C@@H](NS(=O)(=O)c2ccccc2)C[C@H]1C(=O)NC1CCCc2ccccc21. The van der Waals surface area contributed by atoms with E-state index in [0.29, 0.717) is 12.8 Å². The van der Waals surface area contributed by atoms with Crippen LogP contribution in [0.2, 0.25) is 0 Å². The molecular weight excluding hydrogens is 1080 g/mol. The number of fused-ring (bicyclic) bond motifs is 2. The van der Waals surface area contributed by atoms with Crippen LogP contribution in [0, 0.1) is 17.8 Å². The smallest absolute Gasteiger partial charge is 0.250 e. The van der Waals surface area contributed by atoms with Gasteiger partial charge in [-0.3, -0.25) is 28.8 Å². The number of rotatable bonds is 19. The summed E-state index contributed by atoms with van der Waals surface area (Å²) in [5.74, 6) is 1.83. The van der Waals surface area contributed by atoms with Gasteiger partial charge in [-0.05, 0) is 139 Å². The Morgan fingerprint density at radius 1 is 0.634 bits per heavy atom. The molecule has 0 radical (unpaired) electrons. The number of nitrogens with zero attached hydrogens (tertiary/aromatic N) is 2. The minimum absolute atomic E-state index is 0.000803. The third-order valence-corrected chi connectivity index (χ3v) is 19.9. The van der Waals surface area contributed by atoms with Crippen LogP contribution in [-0.4, -0.2) is 137 Å². The molecule has 5 aliphatic rings. The van der Waals surface area contributed by atoms with E-state index in [0.717, 1.165) is 47.9 Å². The molecule has 3 fully saturated rings. The van der Waals surface area contributed by atoms with E-state index in [-0.39, 0.29) is 60.6 Å². The molecule has 3 aliphatic carbocycles. The van der Waals surface area contributed by atoms with E-state index in [1.807, 2.05) is 48.5 Å². The number of sulfonamides is 2. The molecule has 0 aromatic heterocycles. The van der Waals surface area contributed by atoms with Crippen LogP contribution in [0.25, 0.3) is 0 Å². The highest BCUT2D eigenvalue weighted by atomic mass is 32.2. The molecule has 0 spiro atoms. The fraction of sp³-hybridized carbons (Fsp3) is 0.467. The Hall–Kier alpha value is -7.00. The van der Waals surface area contributed by atoms with Crippen LogP contribution in [0.1, 0.15) is 106 Å². The second kappa shape index (κ2) is 24.8. The number of aryl methyl sites for hydroxylation is 2. The molecule has 8 N–H and O–H groups in total. The van der Waals surface area contributed by atoms with Crippen LogP contribution < -0.4 is 41.3 Å². The van der Waals surface area contributed by atoms with Crippen LogP contribution in [0.3, 0.4) is 0 Å². The summed E-state index contributed by atoms with van der Waals surface area (Å²) in [5, 5.41) is 17.9. The number of nitrogens with one attached hydrogen (secondary N) is 8. The fourth-order valence-electron chi connectivity index (χ4n) is 11.8. The van der Waals surface area contributed by atoms with E-state index < -0.39 is 109 Å². The lowest BCUT2D eigenvalue weighted by molar-refractivity contribution is -0.145. The Balaban J connectivity index is 1.02. The normalized spacial score (nSPS) is 25.4. The van der Waals surface area contributed by atoms with Crippen molar-refractivity contribution in [2.24, 2.45) is 5.92 Å². The fourth-order valence-corrected chi connectivity index (χ4v) is 14.4. The van der Waals surface area contributed by atoms with Gasteiger partial charge in [0.05, 0.1) is 39.9 Å². The second-order valence-corrected chi connectivity index (χ2v) is 26.0. The quantitative estimate of drug-likeness (QED) is 0.0630. The van der Waals surface area contributed by atoms with Crippen molar-refractivity contribution in [3.05, 3.63) is 131 Å². The lowest BCUT2D eigenvalue weighted by atomic mass is 9.87. The van der Waals surface area contributed by atoms with Gasteiger partial charge in [0.25, 0.3) is 0 Å². The van der Waals surface area contributed by atoms with Crippen molar-refractivity contribution in [3.8, 4) is 11.8 Å². The van der Waals surface area contributed by atoms with E-state index >= 15 is 9.59 Å². The van der Waals surface area contributed by atoms with E-state index in [4.69, 9.17) is 0 Å². The van der Waals surface area contributed by atoms with Gasteiger partial charge in [-0.15, -0.1) is 0 Å². The average Bonchev–Trinajstić information content (AvgIpc) is 3.92. The zero-order valence-electron chi connectivity index (χ0n) is 46.9. The van der Waals surface area contributed by atoms with Gasteiger partial charge in [-0.1, -0.05) is 96.8 Å². The maximum absolute atomic E-state index is 15.5. The van der Waals surface area contributed by atoms with Crippen LogP contribution in [0.4, 0.5) is 0 Å². The monoisotopic (exact) mass is 1160 g/mol. The molecule has 20 nitrogen and oxygen atoms in total. The predicted octanol–water partition coefficient (Wildman–Crippen LogP) is 2.63. The van der Waals surface area contributed by atoms with E-state index in [1.165, 1.54) is 41.0 Å². The third kappa shape index (κ3) is 12.9. The Bertz CT molecular complexity index is 3360. The molecule has 3 unspecified atom stereocenters. The molecule has 22 heteroatoms. The maximum atomic E-state index is 15.5. The summed E-state index contributed by atoms with van der Waals surface area (Å²) in [6, 6.07) is 24.7. The highest BCUT2D eigenvalue weighted by molar-refractivity contribution is 7.89. The summed E-state index contributed by atoms with van der Waals surface area (Å²) in [4.78, 5) is 90.7. The number of hydrogen-bond acceptors (Lipinski definition) is 12. The first-order valence-corrected chi connectivity index (χ1v) is 31.1. The number of carbonyl (C=O) groups excluding carboxylic acids is 6. The lowest BCUT2D eigenvalue weighted by Crippen LogP contribution is -2.62. The van der Waals surface area contributed by atoms with Crippen LogP contribution in [-0.2, 0) is 61.7 Å². The molecule has 82 heavy (non-hydrogen) atoms. The molecule has 4 aromatic rings. The predicted molar refractivity (Wildman–Crippen MR) is 307 cm³/mol. The number of likely N-dealkylation sites (N-methyl/N-ethyl adjacent to an activating group) is 2. The maximum Gasteiger partial charge on any atom is 0.250 e. The molecule has 11 atom stereocenters. The van der Waals surface area contributed by atoms with E-state index in [9.17, 15) is 36.0 Å². The molecule has 2 aliphatic heterocycles. The Morgan fingerprint density at radius 2 is 1.09 bits per heavy atom. The first kappa shape index (κ1) is 59.6. The summed E-state index contributed by atoms with van der Waals surface area (Å²) in [6.07, 6.45) is 4.07. The average molecular weight is 1160 g/mol. The number of carbonyl (C=O) groups is 6. The van der Waals surface area contributed by atoms with Crippen LogP contribution in [0.15, 0.2) is 119 Å². The van der Waals surface area contributed by atoms with Gasteiger partial charge >= 0.3 is 0 Å². The van der Waals surface area contributed by atoms with Gasteiger partial charge in [-0.25, -0.2) is 26.3 Å². The molecule has 4 aromatic carbocycles. The van der Waals surface area contributed by atoms with Crippen molar-refractivity contribution in [1.29, 1.82) is 0 Å². The molecule has 9 rings (SSSR count). The highest BCUT2D eigenvalue weighted by Gasteiger charge is 2.64. The standard InChI is InChI=1S/C60H74N10O10S2/c1-38(61-4)53(71)65-59(3,57(75)69-36-43(67-81(77,78)45-24-8-6-9-25-45)33-51(69)55(73)63-49-30-16-21-40-19-12-14-28-47(40)49)32-18-23-42-35-60(42,66-54(72)39(2)62-5)58(76)70-37-44(68-82(79,80)46-26-10-7-11-27-46)34-52(70)56(74)64-50-31-17-22-41-20-13-15-29-48(41)50/h6-15,19-20,24-29,38-39,42-44,49-52,61-62,67-68H,16-17,21-22,30-37H2,1-5H3,(H,63,73)(H,64,74)(H,65,71)(H,66,72)/t38-,39-,42+,43-,44-,49?,50+,51-,52-,59?,60?/m0/s1. The third-order valence-electron chi connectivity index (χ3n) is 16.8. The van der Waals surface area contributed by atoms with Gasteiger partial charge in [0, 0.05) is 31.6 Å². The van der Waals surface area contributed by atoms with Crippen molar-refractivity contribution in [3.63, 3.8) is 0 Å². The molecule has 2 heterocycles. The topological polar surface area (TPSA) is 273 Å². The number of benzene rings is 4. The summed E-state index contributed by atoms with van der Waals surface area (Å²) >= 11 is 0. The molecule has 1 saturated carbocycles. The first-order valence-electron chi connectivity index (χ1n) is 28.2. The molecule has 0 bridgehead atoms. The zero-order valence-corrected chi connectivity index (χ0v) is 48.5. The summed E-state index contributed by atoms with van der Waals surface area (Å²) in [6.45, 7) is 4.24. The minimum atomic E-state index is -4.12. The largest absolute Gasteiger partial charge is 0.347 e. The van der Waals surface area contributed by atoms with E-state index in [1.54, 1.807) is 64.3 Å². The van der Waals surface area contributed by atoms with Crippen molar-refractivity contribution in [1.82, 2.24) is 51.1 Å². The zero-order chi connectivity index (χ0) is 58.6. The minimum Gasteiger partial charge on any atom is -0.347 e. The molecular formula is C60H74N10O10S2. The second-order valence-electron chi connectivity index (χ2n) is 22.5. The summed E-state index contributed by atoms with van der Waals surface area (Å²) < 4.78 is 60.5. The highest BCUT2D eigenvalue weighted by Crippen LogP contribution is 2.46. The Kier molecular flexibility index (Phi) is 18.1. The van der Waals surface area contributed by atoms with Gasteiger partial charge in [0.2, 0.25) is 55.5 Å². The number of hydrogen-bond donors (Lipinski definition) is 8. The number of amides is 6. The molecule has 6 amide bonds. The summed E-state index contributed by atoms with van der Waals surface area (Å²) in [7, 11) is -5.07. The van der Waals surface area contributed by atoms with Crippen molar-refractivity contribution in [2.45, 2.75) is 154 Å². The van der Waals surface area contributed by atoms with Crippen LogP contribution in [0.5, 0.6) is 0 Å². The first-order chi connectivity index (χ1) is 39.2. The van der Waals surface area contributed by atoms with Crippen molar-refractivity contribution < 1.29 is 45.6 Å². The van der Waals surface area contributed by atoms with E-state index in [2.05, 4.69) is 53.2 Å². The van der Waals surface area contributed by atoms with Crippen molar-refractivity contribution >= 4 is 55.5 Å². The van der Waals surface area contributed by atoms with Gasteiger partial charge in [0.1, 0.15) is 23.2 Å². The molecule has 436 valence electrons. The lowest BCUT2D eigenvalue weighted by Gasteiger charge is -2.36. The van der Waals surface area contributed by atoms with Gasteiger partial charge in [0.15, 0.2) is 0 Å². The Morgan fingerprint density at radius 3 is 1.59 bits per heavy atom. The van der Waals surface area contributed by atoms with Crippen molar-refractivity contribution in [2.75, 3.05) is 27.2 Å². The molecule has 2 saturated heterocycles. The van der Waals surface area contributed by atoms with Gasteiger partial charge < -0.3 is 41.7 Å². The van der Waals surface area contributed by atoms with Gasteiger partial charge in [-0.2, -0.15) is 0 Å². The number of likely N-dealkylation sites (tertiary alicyclic amines) is 2. The van der Waals surface area contributed by atoms with Crippen LogP contribution >= 0.6 is 0 Å².